The van der Waals surface area contributed by atoms with Gasteiger partial charge >= 0.3 is 0 Å². The highest BCUT2D eigenvalue weighted by Gasteiger charge is 2.36. The van der Waals surface area contributed by atoms with Gasteiger partial charge in [0.1, 0.15) is 0 Å². The van der Waals surface area contributed by atoms with Crippen LogP contribution >= 0.6 is 0 Å². The average molecular weight is 190 g/mol. The summed E-state index contributed by atoms with van der Waals surface area (Å²) in [7, 11) is 1.82. The summed E-state index contributed by atoms with van der Waals surface area (Å²) in [6.07, 6.45) is 3.53. The summed E-state index contributed by atoms with van der Waals surface area (Å²) in [5.74, 6) is 0.502. The third-order valence-corrected chi connectivity index (χ3v) is 2.79. The Kier molecular flexibility index (Phi) is 2.02. The van der Waals surface area contributed by atoms with Gasteiger partial charge in [0.25, 0.3) is 0 Å². The van der Waals surface area contributed by atoms with Gasteiger partial charge in [-0.05, 0) is 12.0 Å². The van der Waals surface area contributed by atoms with Gasteiger partial charge in [-0.1, -0.05) is 13.8 Å². The number of carbonyl (C=O) groups excluding carboxylic acids is 1. The van der Waals surface area contributed by atoms with Crippen LogP contribution in [0.2, 0.25) is 0 Å². The van der Waals surface area contributed by atoms with E-state index in [2.05, 4.69) is 18.8 Å². The number of fused-ring (bicyclic) bond motifs is 1. The zero-order valence-electron chi connectivity index (χ0n) is 8.69. The Morgan fingerprint density at radius 1 is 1.50 bits per heavy atom. The Labute approximate surface area is 83.8 Å². The van der Waals surface area contributed by atoms with E-state index in [1.807, 2.05) is 13.1 Å². The zero-order chi connectivity index (χ0) is 10.3. The van der Waals surface area contributed by atoms with Crippen LogP contribution < -0.4 is 4.90 Å². The summed E-state index contributed by atoms with van der Waals surface area (Å²) in [5.41, 5.74) is 2.07. The second-order valence-corrected chi connectivity index (χ2v) is 4.05. The Bertz CT molecular complexity index is 373. The molecule has 1 amide bonds. The molecule has 0 spiro atoms. The molecule has 0 saturated heterocycles. The van der Waals surface area contributed by atoms with Crippen molar-refractivity contribution in [3.05, 3.63) is 24.0 Å². The second-order valence-electron chi connectivity index (χ2n) is 4.05. The fourth-order valence-electron chi connectivity index (χ4n) is 2.05. The third-order valence-electron chi connectivity index (χ3n) is 2.79. The normalized spacial score (nSPS) is 20.4. The molecule has 0 aromatic carbocycles. The summed E-state index contributed by atoms with van der Waals surface area (Å²) < 4.78 is 0. The van der Waals surface area contributed by atoms with E-state index in [-0.39, 0.29) is 11.8 Å². The molecule has 0 saturated carbocycles. The Balaban J connectivity index is 2.53. The molecule has 0 unspecified atom stereocenters. The minimum Gasteiger partial charge on any atom is -0.315 e. The predicted molar refractivity (Wildman–Crippen MR) is 55.2 cm³/mol. The minimum atomic E-state index is -0.0105. The van der Waals surface area contributed by atoms with Gasteiger partial charge in [0.15, 0.2) is 0 Å². The lowest BCUT2D eigenvalue weighted by molar-refractivity contribution is -0.119. The van der Waals surface area contributed by atoms with Crippen molar-refractivity contribution in [3.63, 3.8) is 0 Å². The molecule has 0 fully saturated rings. The fourth-order valence-corrected chi connectivity index (χ4v) is 2.05. The number of hydrogen-bond acceptors (Lipinski definition) is 2. The second kappa shape index (κ2) is 3.08. The molecule has 1 aliphatic heterocycles. The van der Waals surface area contributed by atoms with Gasteiger partial charge in [-0.15, -0.1) is 0 Å². The van der Waals surface area contributed by atoms with Crippen LogP contribution in [0.3, 0.4) is 0 Å². The van der Waals surface area contributed by atoms with Crippen molar-refractivity contribution < 1.29 is 4.79 Å². The van der Waals surface area contributed by atoms with Crippen LogP contribution in [0.25, 0.3) is 0 Å². The summed E-state index contributed by atoms with van der Waals surface area (Å²) in [6.45, 7) is 4.14. The van der Waals surface area contributed by atoms with E-state index >= 15 is 0 Å². The molecule has 2 heterocycles. The lowest BCUT2D eigenvalue weighted by Crippen LogP contribution is -2.26. The summed E-state index contributed by atoms with van der Waals surface area (Å²) >= 11 is 0. The quantitative estimate of drug-likeness (QED) is 0.676. The van der Waals surface area contributed by atoms with Crippen LogP contribution in [0.5, 0.6) is 0 Å². The highest BCUT2D eigenvalue weighted by molar-refractivity contribution is 6.04. The summed E-state index contributed by atoms with van der Waals surface area (Å²) in [6, 6.07) is 1.90. The van der Waals surface area contributed by atoms with Crippen molar-refractivity contribution in [1.82, 2.24) is 4.98 Å². The number of pyridine rings is 1. The van der Waals surface area contributed by atoms with Crippen LogP contribution in [0.15, 0.2) is 18.5 Å². The topological polar surface area (TPSA) is 33.2 Å². The first-order chi connectivity index (χ1) is 6.63. The van der Waals surface area contributed by atoms with E-state index in [0.29, 0.717) is 5.92 Å². The highest BCUT2D eigenvalue weighted by Crippen LogP contribution is 2.39. The largest absolute Gasteiger partial charge is 0.315 e. The Morgan fingerprint density at radius 3 is 2.86 bits per heavy atom. The van der Waals surface area contributed by atoms with E-state index in [1.165, 1.54) is 0 Å². The van der Waals surface area contributed by atoms with E-state index in [4.69, 9.17) is 0 Å². The maximum Gasteiger partial charge on any atom is 0.234 e. The van der Waals surface area contributed by atoms with Gasteiger partial charge in [0, 0.05) is 25.0 Å². The summed E-state index contributed by atoms with van der Waals surface area (Å²) in [4.78, 5) is 17.7. The molecule has 0 N–H and O–H groups in total. The number of rotatable bonds is 1. The molecular formula is C11H14N2O. The number of aromatic nitrogens is 1. The van der Waals surface area contributed by atoms with E-state index in [0.717, 1.165) is 11.3 Å². The molecule has 0 bridgehead atoms. The lowest BCUT2D eigenvalue weighted by Gasteiger charge is -2.13. The Morgan fingerprint density at radius 2 is 2.21 bits per heavy atom. The van der Waals surface area contributed by atoms with Gasteiger partial charge in [0.2, 0.25) is 5.91 Å². The van der Waals surface area contributed by atoms with Gasteiger partial charge in [-0.2, -0.15) is 0 Å². The summed E-state index contributed by atoms with van der Waals surface area (Å²) in [5, 5.41) is 0. The maximum absolute atomic E-state index is 11.9. The van der Waals surface area contributed by atoms with Gasteiger partial charge in [0.05, 0.1) is 11.6 Å². The molecule has 0 radical (unpaired) electrons. The fraction of sp³-hybridized carbons (Fsp3) is 0.455. The molecule has 3 nitrogen and oxygen atoms in total. The first-order valence-corrected chi connectivity index (χ1v) is 4.84. The van der Waals surface area contributed by atoms with E-state index < -0.39 is 0 Å². The van der Waals surface area contributed by atoms with Crippen LogP contribution in [0, 0.1) is 5.92 Å². The molecular weight excluding hydrogens is 176 g/mol. The smallest absolute Gasteiger partial charge is 0.234 e. The highest BCUT2D eigenvalue weighted by atomic mass is 16.2. The maximum atomic E-state index is 11.9. The molecule has 74 valence electrons. The SMILES string of the molecule is CC(C)[C@H]1C(=O)N(C)c2ccncc21. The number of likely N-dealkylation sites (N-methyl/N-ethyl adjacent to an activating group) is 1. The zero-order valence-corrected chi connectivity index (χ0v) is 8.69. The molecule has 3 heteroatoms. The number of nitrogens with zero attached hydrogens (tertiary/aromatic N) is 2. The number of hydrogen-bond donors (Lipinski definition) is 0. The molecule has 1 aromatic heterocycles. The lowest BCUT2D eigenvalue weighted by atomic mass is 9.91. The van der Waals surface area contributed by atoms with Gasteiger partial charge in [-0.25, -0.2) is 0 Å². The number of amides is 1. The number of anilines is 1. The van der Waals surface area contributed by atoms with Crippen molar-refractivity contribution in [1.29, 1.82) is 0 Å². The van der Waals surface area contributed by atoms with Crippen LogP contribution in [0.4, 0.5) is 5.69 Å². The van der Waals surface area contributed by atoms with Gasteiger partial charge < -0.3 is 4.90 Å². The van der Waals surface area contributed by atoms with E-state index in [9.17, 15) is 4.79 Å². The molecule has 0 aliphatic carbocycles. The minimum absolute atomic E-state index is 0.0105. The van der Waals surface area contributed by atoms with Crippen molar-refractivity contribution in [3.8, 4) is 0 Å². The van der Waals surface area contributed by atoms with Gasteiger partial charge in [-0.3, -0.25) is 9.78 Å². The van der Waals surface area contributed by atoms with Crippen LogP contribution in [-0.4, -0.2) is 17.9 Å². The molecule has 1 aliphatic rings. The molecule has 2 rings (SSSR count). The van der Waals surface area contributed by atoms with E-state index in [1.54, 1.807) is 17.3 Å². The van der Waals surface area contributed by atoms with Crippen molar-refractivity contribution in [2.75, 3.05) is 11.9 Å². The average Bonchev–Trinajstić information content (AvgIpc) is 2.41. The molecule has 1 aromatic rings. The monoisotopic (exact) mass is 190 g/mol. The van der Waals surface area contributed by atoms with Crippen molar-refractivity contribution in [2.24, 2.45) is 5.92 Å². The Hall–Kier alpha value is -1.38. The standard InChI is InChI=1S/C11H14N2O/c1-7(2)10-8-6-12-5-4-9(8)13(3)11(10)14/h4-7,10H,1-3H3/t10-/m1/s1. The van der Waals surface area contributed by atoms with Crippen molar-refractivity contribution in [2.45, 2.75) is 19.8 Å². The molecule has 1 atom stereocenters. The molecule has 14 heavy (non-hydrogen) atoms. The number of carbonyl (C=O) groups is 1. The van der Waals surface area contributed by atoms with Crippen molar-refractivity contribution >= 4 is 11.6 Å². The first kappa shape index (κ1) is 9.19. The first-order valence-electron chi connectivity index (χ1n) is 4.84. The van der Waals surface area contributed by atoms with Crippen LogP contribution in [0.1, 0.15) is 25.3 Å². The predicted octanol–water partition coefficient (Wildman–Crippen LogP) is 1.80. The third kappa shape index (κ3) is 1.12. The van der Waals surface area contributed by atoms with Crippen LogP contribution in [-0.2, 0) is 4.79 Å².